The number of nitrogens with zero attached hydrogens (tertiary/aromatic N) is 2. The fourth-order valence-corrected chi connectivity index (χ4v) is 1.98. The minimum atomic E-state index is -0.886. The van der Waals surface area contributed by atoms with Gasteiger partial charge in [-0.1, -0.05) is 20.8 Å². The summed E-state index contributed by atoms with van der Waals surface area (Å²) >= 11 is 0. The third-order valence-electron chi connectivity index (χ3n) is 2.93. The summed E-state index contributed by atoms with van der Waals surface area (Å²) in [7, 11) is 0. The number of imidazole rings is 1. The monoisotopic (exact) mass is 296 g/mol. The summed E-state index contributed by atoms with van der Waals surface area (Å²) in [5.41, 5.74) is -0.0946. The van der Waals surface area contributed by atoms with Crippen molar-refractivity contribution in [2.75, 3.05) is 13.1 Å². The number of rotatable bonds is 7. The van der Waals surface area contributed by atoms with Gasteiger partial charge in [-0.05, 0) is 11.8 Å². The van der Waals surface area contributed by atoms with Crippen LogP contribution in [0.2, 0.25) is 0 Å². The number of aromatic nitrogens is 2. The van der Waals surface area contributed by atoms with Gasteiger partial charge in [-0.15, -0.1) is 0 Å². The van der Waals surface area contributed by atoms with Gasteiger partial charge in [-0.3, -0.25) is 4.79 Å². The molecule has 1 atom stereocenters. The Kier molecular flexibility index (Phi) is 6.20. The quantitative estimate of drug-likeness (QED) is 0.707. The van der Waals surface area contributed by atoms with E-state index in [9.17, 15) is 9.59 Å². The van der Waals surface area contributed by atoms with Crippen molar-refractivity contribution >= 4 is 12.0 Å². The molecule has 21 heavy (non-hydrogen) atoms. The van der Waals surface area contributed by atoms with E-state index in [1.54, 1.807) is 12.5 Å². The zero-order valence-electron chi connectivity index (χ0n) is 12.8. The molecule has 0 aliphatic carbocycles. The van der Waals surface area contributed by atoms with Crippen molar-refractivity contribution < 1.29 is 14.7 Å². The van der Waals surface area contributed by atoms with Crippen LogP contribution < -0.4 is 10.6 Å². The molecule has 7 heteroatoms. The molecule has 3 N–H and O–H groups in total. The highest BCUT2D eigenvalue weighted by atomic mass is 16.4. The topological polar surface area (TPSA) is 96.3 Å². The molecule has 1 aromatic heterocycles. The van der Waals surface area contributed by atoms with Crippen LogP contribution in [-0.2, 0) is 11.3 Å². The van der Waals surface area contributed by atoms with Gasteiger partial charge >= 0.3 is 12.0 Å². The molecule has 1 aromatic rings. The van der Waals surface area contributed by atoms with E-state index in [4.69, 9.17) is 5.11 Å². The van der Waals surface area contributed by atoms with Crippen molar-refractivity contribution in [3.05, 3.63) is 18.7 Å². The van der Waals surface area contributed by atoms with Gasteiger partial charge in [0, 0.05) is 32.0 Å². The second kappa shape index (κ2) is 7.66. The van der Waals surface area contributed by atoms with Crippen LogP contribution >= 0.6 is 0 Å². The fourth-order valence-electron chi connectivity index (χ4n) is 1.98. The minimum Gasteiger partial charge on any atom is -0.481 e. The summed E-state index contributed by atoms with van der Waals surface area (Å²) < 4.78 is 1.85. The number of amides is 2. The standard InChI is InChI=1S/C14H24N4O3/c1-14(2,3)8-11(12(19)20)9-17-13(21)16-5-7-18-6-4-15-10-18/h4,6,10-11H,5,7-9H2,1-3H3,(H,19,20)(H2,16,17,21). The highest BCUT2D eigenvalue weighted by Gasteiger charge is 2.24. The average Bonchev–Trinajstić information content (AvgIpc) is 2.86. The summed E-state index contributed by atoms with van der Waals surface area (Å²) in [4.78, 5) is 26.7. The van der Waals surface area contributed by atoms with Crippen molar-refractivity contribution in [2.45, 2.75) is 33.7 Å². The van der Waals surface area contributed by atoms with Crippen molar-refractivity contribution in [3.8, 4) is 0 Å². The molecule has 0 bridgehead atoms. The maximum absolute atomic E-state index is 11.6. The lowest BCUT2D eigenvalue weighted by molar-refractivity contribution is -0.142. The van der Waals surface area contributed by atoms with Gasteiger partial charge < -0.3 is 20.3 Å². The summed E-state index contributed by atoms with van der Waals surface area (Å²) in [5.74, 6) is -1.46. The predicted octanol–water partition coefficient (Wildman–Crippen LogP) is 1.32. The molecule has 0 aliphatic rings. The first-order valence-electron chi connectivity index (χ1n) is 6.98. The largest absolute Gasteiger partial charge is 0.481 e. The van der Waals surface area contributed by atoms with E-state index >= 15 is 0 Å². The zero-order chi connectivity index (χ0) is 15.9. The molecule has 0 saturated carbocycles. The number of aliphatic carboxylic acids is 1. The van der Waals surface area contributed by atoms with Crippen LogP contribution in [0.3, 0.4) is 0 Å². The average molecular weight is 296 g/mol. The lowest BCUT2D eigenvalue weighted by Crippen LogP contribution is -2.41. The zero-order valence-corrected chi connectivity index (χ0v) is 12.8. The Bertz CT molecular complexity index is 451. The van der Waals surface area contributed by atoms with Gasteiger partial charge in [0.25, 0.3) is 0 Å². The lowest BCUT2D eigenvalue weighted by atomic mass is 9.84. The molecule has 1 unspecified atom stereocenters. The fraction of sp³-hybridized carbons (Fsp3) is 0.643. The van der Waals surface area contributed by atoms with Gasteiger partial charge in [-0.25, -0.2) is 9.78 Å². The van der Waals surface area contributed by atoms with Gasteiger partial charge in [0.1, 0.15) is 0 Å². The molecule has 0 saturated heterocycles. The Morgan fingerprint density at radius 2 is 2.05 bits per heavy atom. The van der Waals surface area contributed by atoms with Gasteiger partial charge in [0.2, 0.25) is 0 Å². The van der Waals surface area contributed by atoms with Gasteiger partial charge in [0.15, 0.2) is 0 Å². The molecular formula is C14H24N4O3. The molecule has 0 spiro atoms. The van der Waals surface area contributed by atoms with E-state index < -0.39 is 11.9 Å². The third kappa shape index (κ3) is 7.34. The second-order valence-corrected chi connectivity index (χ2v) is 6.24. The first kappa shape index (κ1) is 17.0. The molecular weight excluding hydrogens is 272 g/mol. The first-order valence-corrected chi connectivity index (χ1v) is 6.98. The van der Waals surface area contributed by atoms with E-state index in [0.717, 1.165) is 0 Å². The van der Waals surface area contributed by atoms with E-state index in [1.165, 1.54) is 0 Å². The number of hydrogen-bond acceptors (Lipinski definition) is 3. The highest BCUT2D eigenvalue weighted by Crippen LogP contribution is 2.24. The maximum atomic E-state index is 11.6. The van der Waals surface area contributed by atoms with Crippen LogP contribution in [0.1, 0.15) is 27.2 Å². The van der Waals surface area contributed by atoms with Crippen molar-refractivity contribution in [1.82, 2.24) is 20.2 Å². The number of urea groups is 1. The molecule has 0 fully saturated rings. The lowest BCUT2D eigenvalue weighted by Gasteiger charge is -2.23. The normalized spacial score (nSPS) is 12.7. The number of carboxylic acids is 1. The first-order chi connectivity index (χ1) is 9.78. The van der Waals surface area contributed by atoms with Gasteiger partial charge in [-0.2, -0.15) is 0 Å². The van der Waals surface area contributed by atoms with E-state index in [2.05, 4.69) is 15.6 Å². The summed E-state index contributed by atoms with van der Waals surface area (Å²) in [6, 6.07) is -0.352. The molecule has 7 nitrogen and oxygen atoms in total. The summed E-state index contributed by atoms with van der Waals surface area (Å²) in [6.07, 6.45) is 5.66. The number of carbonyl (C=O) groups is 2. The summed E-state index contributed by atoms with van der Waals surface area (Å²) in [6.45, 7) is 7.15. The number of hydrogen-bond donors (Lipinski definition) is 3. The van der Waals surface area contributed by atoms with E-state index in [-0.39, 0.29) is 18.0 Å². The van der Waals surface area contributed by atoms with Crippen LogP contribution in [0.4, 0.5) is 4.79 Å². The van der Waals surface area contributed by atoms with Crippen LogP contribution in [-0.4, -0.2) is 39.7 Å². The number of carbonyl (C=O) groups excluding carboxylic acids is 1. The third-order valence-corrected chi connectivity index (χ3v) is 2.93. The smallest absolute Gasteiger partial charge is 0.314 e. The molecule has 0 aromatic carbocycles. The highest BCUT2D eigenvalue weighted by molar-refractivity contribution is 5.75. The molecule has 0 radical (unpaired) electrons. The predicted molar refractivity (Wildman–Crippen MR) is 78.8 cm³/mol. The van der Waals surface area contributed by atoms with Crippen molar-refractivity contribution in [1.29, 1.82) is 0 Å². The van der Waals surface area contributed by atoms with Gasteiger partial charge in [0.05, 0.1) is 12.2 Å². The van der Waals surface area contributed by atoms with Crippen LogP contribution in [0, 0.1) is 11.3 Å². The number of carboxylic acid groups (broad SMARTS) is 1. The molecule has 2 amide bonds. The number of nitrogens with one attached hydrogen (secondary N) is 2. The Hall–Kier alpha value is -2.05. The van der Waals surface area contributed by atoms with Crippen LogP contribution in [0.5, 0.6) is 0 Å². The Morgan fingerprint density at radius 3 is 2.57 bits per heavy atom. The van der Waals surface area contributed by atoms with Crippen molar-refractivity contribution in [2.24, 2.45) is 11.3 Å². The summed E-state index contributed by atoms with van der Waals surface area (Å²) in [5, 5.41) is 14.5. The van der Waals surface area contributed by atoms with Crippen LogP contribution in [0.25, 0.3) is 0 Å². The minimum absolute atomic E-state index is 0.0946. The molecule has 0 aliphatic heterocycles. The van der Waals surface area contributed by atoms with Crippen LogP contribution in [0.15, 0.2) is 18.7 Å². The Morgan fingerprint density at radius 1 is 1.33 bits per heavy atom. The van der Waals surface area contributed by atoms with E-state index in [0.29, 0.717) is 19.5 Å². The molecule has 118 valence electrons. The second-order valence-electron chi connectivity index (χ2n) is 6.24. The maximum Gasteiger partial charge on any atom is 0.314 e. The van der Waals surface area contributed by atoms with Crippen molar-refractivity contribution in [3.63, 3.8) is 0 Å². The molecule has 1 rings (SSSR count). The Balaban J connectivity index is 2.27. The SMILES string of the molecule is CC(C)(C)CC(CNC(=O)NCCn1ccnc1)C(=O)O. The Labute approximate surface area is 124 Å². The molecule has 1 heterocycles. The van der Waals surface area contributed by atoms with E-state index in [1.807, 2.05) is 31.5 Å².